The summed E-state index contributed by atoms with van der Waals surface area (Å²) < 4.78 is 25.3. The van der Waals surface area contributed by atoms with Gasteiger partial charge in [0.25, 0.3) is 11.7 Å². The number of nitrogens with zero attached hydrogens (tertiary/aromatic N) is 1. The smallest absolute Gasteiger partial charge is 0.324 e. The molecule has 0 unspecified atom stereocenters. The van der Waals surface area contributed by atoms with E-state index in [4.69, 9.17) is 0 Å². The van der Waals surface area contributed by atoms with E-state index in [0.29, 0.717) is 30.5 Å². The largest absolute Gasteiger partial charge is 0.325 e. The van der Waals surface area contributed by atoms with Crippen LogP contribution in [0.3, 0.4) is 0 Å². The first-order valence-corrected chi connectivity index (χ1v) is 10.2. The molecule has 2 N–H and O–H groups in total. The van der Waals surface area contributed by atoms with Crippen molar-refractivity contribution in [2.45, 2.75) is 55.2 Å². The van der Waals surface area contributed by atoms with Crippen molar-refractivity contribution in [1.82, 2.24) is 10.2 Å². The highest BCUT2D eigenvalue weighted by molar-refractivity contribution is 7.99. The highest BCUT2D eigenvalue weighted by Gasteiger charge is 2.52. The Morgan fingerprint density at radius 1 is 1.32 bits per heavy atom. The maximum absolute atomic E-state index is 12.8. The number of anilines is 1. The van der Waals surface area contributed by atoms with Crippen LogP contribution in [-0.2, 0) is 9.59 Å². The number of hydrogen-bond acceptors (Lipinski definition) is 4. The van der Waals surface area contributed by atoms with Gasteiger partial charge in [-0.15, -0.1) is 0 Å². The lowest BCUT2D eigenvalue weighted by Crippen LogP contribution is -2.49. The summed E-state index contributed by atoms with van der Waals surface area (Å²) in [6.07, 6.45) is 3.91. The van der Waals surface area contributed by atoms with Gasteiger partial charge in [0.2, 0.25) is 5.91 Å². The number of hydrogen-bond donors (Lipinski definition) is 2. The van der Waals surface area contributed by atoms with Crippen molar-refractivity contribution in [3.63, 3.8) is 0 Å². The second-order valence-corrected chi connectivity index (χ2v) is 8.21. The number of benzene rings is 1. The topological polar surface area (TPSA) is 78.5 Å². The third-order valence-corrected chi connectivity index (χ3v) is 6.25. The van der Waals surface area contributed by atoms with Crippen molar-refractivity contribution in [2.24, 2.45) is 5.92 Å². The molecule has 2 fully saturated rings. The molecule has 2 aliphatic rings. The molecule has 1 saturated carbocycles. The first-order chi connectivity index (χ1) is 13.3. The number of urea groups is 1. The SMILES string of the molecule is CCC1CCC2(CC1)NC(=O)N(CC(=O)Nc1ccccc1SC(F)F)C2=O. The summed E-state index contributed by atoms with van der Waals surface area (Å²) >= 11 is 0.323. The first-order valence-electron chi connectivity index (χ1n) is 9.32. The molecule has 152 valence electrons. The van der Waals surface area contributed by atoms with Crippen molar-refractivity contribution < 1.29 is 23.2 Å². The second kappa shape index (κ2) is 8.46. The zero-order chi connectivity index (χ0) is 20.3. The van der Waals surface area contributed by atoms with E-state index >= 15 is 0 Å². The molecule has 1 aromatic rings. The van der Waals surface area contributed by atoms with Crippen LogP contribution in [-0.4, -0.2) is 40.6 Å². The molecule has 0 atom stereocenters. The lowest BCUT2D eigenvalue weighted by atomic mass is 9.75. The van der Waals surface area contributed by atoms with E-state index in [1.54, 1.807) is 12.1 Å². The second-order valence-electron chi connectivity index (χ2n) is 7.18. The number of carbonyl (C=O) groups excluding carboxylic acids is 3. The van der Waals surface area contributed by atoms with Crippen LogP contribution in [0.2, 0.25) is 0 Å². The molecule has 28 heavy (non-hydrogen) atoms. The summed E-state index contributed by atoms with van der Waals surface area (Å²) in [5.41, 5.74) is -0.685. The Morgan fingerprint density at radius 3 is 2.64 bits per heavy atom. The Hall–Kier alpha value is -2.16. The molecule has 4 amide bonds. The molecule has 0 bridgehead atoms. The zero-order valence-electron chi connectivity index (χ0n) is 15.5. The molecule has 1 spiro atoms. The van der Waals surface area contributed by atoms with E-state index < -0.39 is 29.8 Å². The van der Waals surface area contributed by atoms with Gasteiger partial charge in [-0.3, -0.25) is 14.5 Å². The first kappa shape index (κ1) is 20.6. The van der Waals surface area contributed by atoms with E-state index in [2.05, 4.69) is 17.6 Å². The minimum Gasteiger partial charge on any atom is -0.324 e. The van der Waals surface area contributed by atoms with Crippen molar-refractivity contribution in [3.05, 3.63) is 24.3 Å². The van der Waals surface area contributed by atoms with Gasteiger partial charge < -0.3 is 10.6 Å². The monoisotopic (exact) mass is 411 g/mol. The van der Waals surface area contributed by atoms with E-state index in [1.807, 2.05) is 0 Å². The van der Waals surface area contributed by atoms with E-state index in [9.17, 15) is 23.2 Å². The highest BCUT2D eigenvalue weighted by Crippen LogP contribution is 2.37. The number of alkyl halides is 2. The highest BCUT2D eigenvalue weighted by atomic mass is 32.2. The lowest BCUT2D eigenvalue weighted by Gasteiger charge is -2.34. The van der Waals surface area contributed by atoms with Crippen molar-refractivity contribution in [3.8, 4) is 0 Å². The number of imide groups is 1. The van der Waals surface area contributed by atoms with Crippen molar-refractivity contribution in [2.75, 3.05) is 11.9 Å². The summed E-state index contributed by atoms with van der Waals surface area (Å²) in [5, 5.41) is 5.30. The molecule has 0 radical (unpaired) electrons. The Bertz CT molecular complexity index is 767. The van der Waals surface area contributed by atoms with Gasteiger partial charge in [-0.2, -0.15) is 8.78 Å². The molecular formula is C19H23F2N3O3S. The Balaban J connectivity index is 1.65. The van der Waals surface area contributed by atoms with Gasteiger partial charge in [-0.25, -0.2) is 4.79 Å². The number of nitrogens with one attached hydrogen (secondary N) is 2. The third kappa shape index (κ3) is 4.29. The summed E-state index contributed by atoms with van der Waals surface area (Å²) in [7, 11) is 0. The number of thioether (sulfide) groups is 1. The van der Waals surface area contributed by atoms with E-state index in [0.717, 1.165) is 24.2 Å². The van der Waals surface area contributed by atoms with Gasteiger partial charge in [0.1, 0.15) is 12.1 Å². The molecule has 6 nitrogen and oxygen atoms in total. The van der Waals surface area contributed by atoms with Crippen LogP contribution >= 0.6 is 11.8 Å². The summed E-state index contributed by atoms with van der Waals surface area (Å²) in [4.78, 5) is 38.7. The fourth-order valence-corrected chi connectivity index (χ4v) is 4.43. The number of carbonyl (C=O) groups is 3. The predicted octanol–water partition coefficient (Wildman–Crippen LogP) is 3.83. The zero-order valence-corrected chi connectivity index (χ0v) is 16.4. The Labute approximate surface area is 166 Å². The van der Waals surface area contributed by atoms with Crippen molar-refractivity contribution >= 4 is 35.3 Å². The molecule has 0 aromatic heterocycles. The van der Waals surface area contributed by atoms with Gasteiger partial charge in [-0.1, -0.05) is 37.2 Å². The normalized spacial score (nSPS) is 24.7. The molecule has 1 saturated heterocycles. The average molecular weight is 411 g/mol. The van der Waals surface area contributed by atoms with Crippen LogP contribution in [0.5, 0.6) is 0 Å². The molecule has 9 heteroatoms. The standard InChI is InChI=1S/C19H23F2N3O3S/c1-2-12-7-9-19(10-8-12)16(26)24(18(27)23-19)11-15(25)22-13-5-3-4-6-14(13)28-17(20)21/h3-6,12,17H,2,7-11H2,1H3,(H,22,25)(H,23,27). The van der Waals surface area contributed by atoms with Crippen LogP contribution < -0.4 is 10.6 Å². The average Bonchev–Trinajstić information content (AvgIpc) is 2.88. The van der Waals surface area contributed by atoms with Gasteiger partial charge in [0.15, 0.2) is 0 Å². The minimum atomic E-state index is -2.62. The predicted molar refractivity (Wildman–Crippen MR) is 102 cm³/mol. The van der Waals surface area contributed by atoms with Gasteiger partial charge in [0.05, 0.1) is 5.69 Å². The summed E-state index contributed by atoms with van der Waals surface area (Å²) in [6.45, 7) is 1.66. The van der Waals surface area contributed by atoms with Gasteiger partial charge in [-0.05, 0) is 43.7 Å². The van der Waals surface area contributed by atoms with Crippen LogP contribution in [0, 0.1) is 5.92 Å². The minimum absolute atomic E-state index is 0.220. The van der Waals surface area contributed by atoms with Crippen LogP contribution in [0.25, 0.3) is 0 Å². The molecule has 1 aromatic carbocycles. The summed E-state index contributed by atoms with van der Waals surface area (Å²) in [5.74, 6) is -3.05. The van der Waals surface area contributed by atoms with E-state index in [1.165, 1.54) is 12.1 Å². The van der Waals surface area contributed by atoms with Crippen LogP contribution in [0.1, 0.15) is 39.0 Å². The number of halogens is 2. The quantitative estimate of drug-likeness (QED) is 0.551. The molecular weight excluding hydrogens is 388 g/mol. The fraction of sp³-hybridized carbons (Fsp3) is 0.526. The van der Waals surface area contributed by atoms with E-state index in [-0.39, 0.29) is 16.5 Å². The van der Waals surface area contributed by atoms with Crippen LogP contribution in [0.15, 0.2) is 29.2 Å². The molecule has 1 heterocycles. The Kier molecular flexibility index (Phi) is 6.22. The number of para-hydroxylation sites is 1. The van der Waals surface area contributed by atoms with Crippen LogP contribution in [0.4, 0.5) is 19.3 Å². The summed E-state index contributed by atoms with van der Waals surface area (Å²) in [6, 6.07) is 5.60. The number of rotatable bonds is 6. The molecule has 1 aliphatic carbocycles. The van der Waals surface area contributed by atoms with Crippen molar-refractivity contribution in [1.29, 1.82) is 0 Å². The fourth-order valence-electron chi connectivity index (χ4n) is 3.84. The lowest BCUT2D eigenvalue weighted by molar-refractivity contribution is -0.135. The van der Waals surface area contributed by atoms with Gasteiger partial charge >= 0.3 is 6.03 Å². The Morgan fingerprint density at radius 2 is 2.00 bits per heavy atom. The molecule has 1 aliphatic heterocycles. The van der Waals surface area contributed by atoms with Gasteiger partial charge in [0, 0.05) is 4.90 Å². The number of amides is 4. The third-order valence-electron chi connectivity index (χ3n) is 5.46. The maximum Gasteiger partial charge on any atom is 0.325 e. The maximum atomic E-state index is 12.8. The molecule has 3 rings (SSSR count).